The molecule has 0 unspecified atom stereocenters. The molecule has 1 aromatic carbocycles. The minimum Gasteiger partial charge on any atom is -0.399 e. The average molecular weight is 310 g/mol. The van der Waals surface area contributed by atoms with E-state index < -0.39 is 20.7 Å². The monoisotopic (exact) mass is 309 g/mol. The minimum atomic E-state index is -3.94. The van der Waals surface area contributed by atoms with Gasteiger partial charge in [0.15, 0.2) is 5.82 Å². The lowest BCUT2D eigenvalue weighted by molar-refractivity contribution is 0.357. The van der Waals surface area contributed by atoms with Crippen LogP contribution in [0.4, 0.5) is 10.1 Å². The molecule has 0 atom stereocenters. The van der Waals surface area contributed by atoms with Gasteiger partial charge in [-0.2, -0.15) is 4.31 Å². The lowest BCUT2D eigenvalue weighted by atomic mass is 10.3. The second kappa shape index (κ2) is 6.04. The number of nitrogens with zero attached hydrogens (tertiary/aromatic N) is 2. The Morgan fingerprint density at radius 2 is 1.84 bits per heavy atom. The number of likely N-dealkylation sites (N-methyl/N-ethyl adjacent to an activating group) is 2. The maximum atomic E-state index is 13.8. The number of sulfonamides is 1. The number of halogens is 2. The molecule has 19 heavy (non-hydrogen) atoms. The summed E-state index contributed by atoms with van der Waals surface area (Å²) >= 11 is 5.61. The number of hydrogen-bond donors (Lipinski definition) is 1. The summed E-state index contributed by atoms with van der Waals surface area (Å²) in [5.74, 6) is -0.979. The summed E-state index contributed by atoms with van der Waals surface area (Å²) in [6.07, 6.45) is 0. The fourth-order valence-corrected chi connectivity index (χ4v) is 2.96. The van der Waals surface area contributed by atoms with E-state index in [1.807, 2.05) is 19.0 Å². The second-order valence-corrected chi connectivity index (χ2v) is 6.87. The summed E-state index contributed by atoms with van der Waals surface area (Å²) in [7, 11) is 1.08. The van der Waals surface area contributed by atoms with Crippen molar-refractivity contribution in [3.8, 4) is 0 Å². The molecule has 0 radical (unpaired) electrons. The quantitative estimate of drug-likeness (QED) is 0.831. The van der Waals surface area contributed by atoms with Gasteiger partial charge in [0.25, 0.3) is 0 Å². The third-order valence-corrected chi connectivity index (χ3v) is 4.70. The van der Waals surface area contributed by atoms with Gasteiger partial charge < -0.3 is 10.6 Å². The van der Waals surface area contributed by atoms with Crippen LogP contribution in [-0.4, -0.2) is 51.9 Å². The Balaban J connectivity index is 3.13. The molecule has 1 aromatic rings. The van der Waals surface area contributed by atoms with E-state index in [9.17, 15) is 12.8 Å². The van der Waals surface area contributed by atoms with Crippen LogP contribution in [-0.2, 0) is 10.0 Å². The molecule has 0 aliphatic carbocycles. The van der Waals surface area contributed by atoms with Crippen LogP contribution in [0.1, 0.15) is 0 Å². The number of anilines is 1. The molecule has 0 spiro atoms. The zero-order chi connectivity index (χ0) is 14.8. The van der Waals surface area contributed by atoms with Crippen molar-refractivity contribution < 1.29 is 12.8 Å². The molecule has 2 N–H and O–H groups in total. The van der Waals surface area contributed by atoms with Gasteiger partial charge in [0.05, 0.1) is 5.02 Å². The Hall–Kier alpha value is -0.890. The van der Waals surface area contributed by atoms with Gasteiger partial charge in [0.1, 0.15) is 4.90 Å². The lowest BCUT2D eigenvalue weighted by Gasteiger charge is -2.20. The van der Waals surface area contributed by atoms with E-state index in [0.29, 0.717) is 6.54 Å². The largest absolute Gasteiger partial charge is 0.399 e. The topological polar surface area (TPSA) is 66.6 Å². The molecule has 0 saturated heterocycles. The van der Waals surface area contributed by atoms with Crippen LogP contribution in [0, 0.1) is 5.82 Å². The van der Waals surface area contributed by atoms with Crippen LogP contribution in [0.5, 0.6) is 0 Å². The first-order chi connectivity index (χ1) is 8.66. The van der Waals surface area contributed by atoms with Gasteiger partial charge in [0, 0.05) is 25.8 Å². The maximum absolute atomic E-state index is 13.8. The van der Waals surface area contributed by atoms with Crippen molar-refractivity contribution in [2.75, 3.05) is 40.0 Å². The lowest BCUT2D eigenvalue weighted by Crippen LogP contribution is -2.34. The summed E-state index contributed by atoms with van der Waals surface area (Å²) < 4.78 is 39.3. The Kier molecular flexibility index (Phi) is 5.14. The van der Waals surface area contributed by atoms with E-state index in [-0.39, 0.29) is 17.3 Å². The fraction of sp³-hybridized carbons (Fsp3) is 0.455. The molecule has 0 aliphatic rings. The van der Waals surface area contributed by atoms with Gasteiger partial charge in [-0.15, -0.1) is 0 Å². The number of rotatable bonds is 5. The van der Waals surface area contributed by atoms with E-state index in [1.165, 1.54) is 13.1 Å². The number of hydrogen-bond acceptors (Lipinski definition) is 4. The zero-order valence-corrected chi connectivity index (χ0v) is 12.6. The SMILES string of the molecule is CN(C)CCN(C)S(=O)(=O)c1cc(N)cc(Cl)c1F. The standard InChI is InChI=1S/C11H17ClFN3O2S/c1-15(2)4-5-16(3)19(17,18)10-7-8(14)6-9(12)11(10)13/h6-7H,4-5,14H2,1-3H3. The predicted molar refractivity (Wildman–Crippen MR) is 74.2 cm³/mol. The Bertz CT molecular complexity index is 563. The first-order valence-corrected chi connectivity index (χ1v) is 7.33. The van der Waals surface area contributed by atoms with Crippen LogP contribution in [0.3, 0.4) is 0 Å². The van der Waals surface area contributed by atoms with E-state index in [0.717, 1.165) is 10.4 Å². The fourth-order valence-electron chi connectivity index (χ4n) is 1.40. The van der Waals surface area contributed by atoms with Crippen molar-refractivity contribution >= 4 is 27.3 Å². The van der Waals surface area contributed by atoms with Crippen molar-refractivity contribution in [3.05, 3.63) is 23.0 Å². The number of nitrogen functional groups attached to an aromatic ring is 1. The van der Waals surface area contributed by atoms with Gasteiger partial charge in [-0.25, -0.2) is 12.8 Å². The molecule has 1 rings (SSSR count). The predicted octanol–water partition coefficient (Wildman–Crippen LogP) is 1.24. The smallest absolute Gasteiger partial charge is 0.245 e. The summed E-state index contributed by atoms with van der Waals surface area (Å²) in [5, 5.41) is -0.306. The highest BCUT2D eigenvalue weighted by molar-refractivity contribution is 7.89. The molecule has 0 fully saturated rings. The Morgan fingerprint density at radius 3 is 2.37 bits per heavy atom. The number of nitrogens with two attached hydrogens (primary N) is 1. The summed E-state index contributed by atoms with van der Waals surface area (Å²) in [5.41, 5.74) is 5.61. The molecule has 0 aliphatic heterocycles. The molecule has 108 valence electrons. The van der Waals surface area contributed by atoms with Crippen LogP contribution in [0.15, 0.2) is 17.0 Å². The molecular formula is C11H17ClFN3O2S. The Labute approximate surface area is 117 Å². The molecule has 0 saturated carbocycles. The maximum Gasteiger partial charge on any atom is 0.245 e. The highest BCUT2D eigenvalue weighted by Crippen LogP contribution is 2.27. The third-order valence-electron chi connectivity index (χ3n) is 2.57. The van der Waals surface area contributed by atoms with Gasteiger partial charge in [-0.3, -0.25) is 0 Å². The molecule has 0 amide bonds. The first-order valence-electron chi connectivity index (χ1n) is 5.52. The van der Waals surface area contributed by atoms with Crippen LogP contribution < -0.4 is 5.73 Å². The second-order valence-electron chi connectivity index (χ2n) is 4.44. The normalized spacial score (nSPS) is 12.4. The van der Waals surface area contributed by atoms with Crippen molar-refractivity contribution in [1.82, 2.24) is 9.21 Å². The average Bonchev–Trinajstić information content (AvgIpc) is 2.30. The molecular weight excluding hydrogens is 293 g/mol. The van der Waals surface area contributed by atoms with Crippen LogP contribution in [0.25, 0.3) is 0 Å². The van der Waals surface area contributed by atoms with Crippen LogP contribution in [0.2, 0.25) is 5.02 Å². The van der Waals surface area contributed by atoms with Crippen molar-refractivity contribution in [3.63, 3.8) is 0 Å². The third kappa shape index (κ3) is 3.79. The van der Waals surface area contributed by atoms with Gasteiger partial charge in [-0.1, -0.05) is 11.6 Å². The van der Waals surface area contributed by atoms with Crippen LogP contribution >= 0.6 is 11.6 Å². The molecule has 0 bridgehead atoms. The van der Waals surface area contributed by atoms with E-state index in [2.05, 4.69) is 0 Å². The van der Waals surface area contributed by atoms with Crippen molar-refractivity contribution in [2.45, 2.75) is 4.90 Å². The molecule has 0 heterocycles. The summed E-state index contributed by atoms with van der Waals surface area (Å²) in [6, 6.07) is 2.25. The zero-order valence-electron chi connectivity index (χ0n) is 11.0. The van der Waals surface area contributed by atoms with Crippen molar-refractivity contribution in [2.24, 2.45) is 0 Å². The molecule has 0 aromatic heterocycles. The minimum absolute atomic E-state index is 0.103. The highest BCUT2D eigenvalue weighted by Gasteiger charge is 2.26. The Morgan fingerprint density at radius 1 is 1.26 bits per heavy atom. The highest BCUT2D eigenvalue weighted by atomic mass is 35.5. The van der Waals surface area contributed by atoms with Gasteiger partial charge in [-0.05, 0) is 26.2 Å². The van der Waals surface area contributed by atoms with E-state index in [1.54, 1.807) is 0 Å². The van der Waals surface area contributed by atoms with Crippen molar-refractivity contribution in [1.29, 1.82) is 0 Å². The molecule has 8 heteroatoms. The van der Waals surface area contributed by atoms with Gasteiger partial charge in [0.2, 0.25) is 10.0 Å². The first kappa shape index (κ1) is 16.2. The van der Waals surface area contributed by atoms with E-state index in [4.69, 9.17) is 17.3 Å². The van der Waals surface area contributed by atoms with Gasteiger partial charge >= 0.3 is 0 Å². The number of benzene rings is 1. The van der Waals surface area contributed by atoms with E-state index >= 15 is 0 Å². The summed E-state index contributed by atoms with van der Waals surface area (Å²) in [6.45, 7) is 0.759. The summed E-state index contributed by atoms with van der Waals surface area (Å²) in [4.78, 5) is 1.33. The molecule has 5 nitrogen and oxygen atoms in total.